The molecule has 0 unspecified atom stereocenters. The lowest BCUT2D eigenvalue weighted by molar-refractivity contribution is -0.0507. The maximum absolute atomic E-state index is 11.2. The number of hydrogen-bond acceptors (Lipinski definition) is 5. The van der Waals surface area contributed by atoms with Crippen molar-refractivity contribution >= 4 is 12.2 Å². The molecule has 0 saturated carbocycles. The minimum absolute atomic E-state index is 0.0717. The molecule has 0 atom stereocenters. The molecule has 1 rings (SSSR count). The molecule has 0 amide bonds. The quantitative estimate of drug-likeness (QED) is 0.612. The van der Waals surface area contributed by atoms with Gasteiger partial charge in [-0.1, -0.05) is 0 Å². The third-order valence-corrected chi connectivity index (χ3v) is 2.38. The fourth-order valence-electron chi connectivity index (χ4n) is 1.06. The minimum atomic E-state index is -0.644. The highest BCUT2D eigenvalue weighted by Gasteiger charge is 2.06. The first-order chi connectivity index (χ1) is 7.58. The van der Waals surface area contributed by atoms with E-state index in [4.69, 9.17) is 27.2 Å². The van der Waals surface area contributed by atoms with Crippen LogP contribution in [0.1, 0.15) is 5.56 Å². The molecule has 0 saturated heterocycles. The molecule has 0 spiro atoms. The SMILES string of the molecule is Cc1cn(COC(CO)CO)c(=S)[nH]c1=O. The average Bonchev–Trinajstić information content (AvgIpc) is 2.26. The zero-order valence-corrected chi connectivity index (χ0v) is 9.66. The maximum atomic E-state index is 11.2. The normalized spacial score (nSPS) is 11.0. The molecular weight excluding hydrogens is 232 g/mol. The van der Waals surface area contributed by atoms with Gasteiger partial charge in [-0.2, -0.15) is 0 Å². The van der Waals surface area contributed by atoms with E-state index in [2.05, 4.69) is 4.98 Å². The molecule has 0 bridgehead atoms. The van der Waals surface area contributed by atoms with Gasteiger partial charge in [-0.05, 0) is 19.1 Å². The number of nitrogens with zero attached hydrogens (tertiary/aromatic N) is 1. The number of aliphatic hydroxyl groups is 2. The Morgan fingerprint density at radius 1 is 1.56 bits per heavy atom. The van der Waals surface area contributed by atoms with Crippen LogP contribution in [-0.2, 0) is 11.5 Å². The summed E-state index contributed by atoms with van der Waals surface area (Å²) in [6.07, 6.45) is 0.918. The van der Waals surface area contributed by atoms with Gasteiger partial charge in [0.2, 0.25) is 0 Å². The van der Waals surface area contributed by atoms with Crippen LogP contribution >= 0.6 is 12.2 Å². The van der Waals surface area contributed by atoms with Crippen LogP contribution in [0.2, 0.25) is 0 Å². The van der Waals surface area contributed by atoms with Crippen LogP contribution in [0.5, 0.6) is 0 Å². The summed E-state index contributed by atoms with van der Waals surface area (Å²) in [7, 11) is 0. The molecule has 0 aromatic carbocycles. The highest BCUT2D eigenvalue weighted by Crippen LogP contribution is 1.96. The number of aliphatic hydroxyl groups excluding tert-OH is 2. The van der Waals surface area contributed by atoms with E-state index in [1.165, 1.54) is 4.57 Å². The Kier molecular flexibility index (Phi) is 4.81. The lowest BCUT2D eigenvalue weighted by atomic mass is 10.4. The number of aromatic nitrogens is 2. The predicted octanol–water partition coefficient (Wildman–Crippen LogP) is -0.458. The average molecular weight is 246 g/mol. The summed E-state index contributed by atoms with van der Waals surface area (Å²) >= 11 is 4.93. The molecule has 1 aromatic heterocycles. The minimum Gasteiger partial charge on any atom is -0.394 e. The van der Waals surface area contributed by atoms with Crippen LogP contribution in [-0.4, -0.2) is 39.1 Å². The second-order valence-electron chi connectivity index (χ2n) is 3.32. The molecule has 16 heavy (non-hydrogen) atoms. The Balaban J connectivity index is 2.78. The van der Waals surface area contributed by atoms with Crippen molar-refractivity contribution in [2.24, 2.45) is 0 Å². The number of rotatable bonds is 5. The van der Waals surface area contributed by atoms with Gasteiger partial charge in [0.1, 0.15) is 12.8 Å². The van der Waals surface area contributed by atoms with E-state index >= 15 is 0 Å². The van der Waals surface area contributed by atoms with Crippen molar-refractivity contribution in [2.45, 2.75) is 19.8 Å². The third-order valence-electron chi connectivity index (χ3n) is 2.05. The molecule has 0 aliphatic heterocycles. The molecule has 1 aromatic rings. The first kappa shape index (κ1) is 13.0. The van der Waals surface area contributed by atoms with E-state index in [9.17, 15) is 4.79 Å². The van der Waals surface area contributed by atoms with E-state index < -0.39 is 6.10 Å². The second kappa shape index (κ2) is 5.90. The van der Waals surface area contributed by atoms with Crippen molar-refractivity contribution in [3.05, 3.63) is 26.9 Å². The number of hydrogen-bond donors (Lipinski definition) is 3. The molecule has 1 heterocycles. The summed E-state index contributed by atoms with van der Waals surface area (Å²) in [5.41, 5.74) is 0.281. The standard InChI is InChI=1S/C9H14N2O4S/c1-6-2-11(9(16)10-8(6)14)5-15-7(3-12)4-13/h2,7,12-13H,3-5H2,1H3,(H,10,14,16). The van der Waals surface area contributed by atoms with Crippen LogP contribution in [0.15, 0.2) is 11.0 Å². The van der Waals surface area contributed by atoms with Crippen molar-refractivity contribution in [1.82, 2.24) is 9.55 Å². The summed E-state index contributed by atoms with van der Waals surface area (Å²) in [6, 6.07) is 0. The van der Waals surface area contributed by atoms with E-state index in [1.54, 1.807) is 13.1 Å². The van der Waals surface area contributed by atoms with Gasteiger partial charge in [-0.3, -0.25) is 9.78 Å². The van der Waals surface area contributed by atoms with Crippen LogP contribution in [0.4, 0.5) is 0 Å². The Morgan fingerprint density at radius 2 is 2.19 bits per heavy atom. The van der Waals surface area contributed by atoms with Gasteiger partial charge in [0.15, 0.2) is 4.77 Å². The summed E-state index contributed by atoms with van der Waals surface area (Å²) in [4.78, 5) is 13.7. The highest BCUT2D eigenvalue weighted by atomic mass is 32.1. The number of H-pyrrole nitrogens is 1. The van der Waals surface area contributed by atoms with Crippen LogP contribution in [0.25, 0.3) is 0 Å². The second-order valence-corrected chi connectivity index (χ2v) is 3.71. The van der Waals surface area contributed by atoms with Crippen molar-refractivity contribution in [3.63, 3.8) is 0 Å². The monoisotopic (exact) mass is 246 g/mol. The van der Waals surface area contributed by atoms with Gasteiger partial charge in [-0.15, -0.1) is 0 Å². The Labute approximate surface area is 97.1 Å². The Bertz CT molecular complexity index is 450. The molecule has 7 heteroatoms. The largest absolute Gasteiger partial charge is 0.394 e. The van der Waals surface area contributed by atoms with E-state index in [-0.39, 0.29) is 30.3 Å². The number of nitrogens with one attached hydrogen (secondary N) is 1. The van der Waals surface area contributed by atoms with Gasteiger partial charge in [0.05, 0.1) is 13.2 Å². The van der Waals surface area contributed by atoms with Crippen molar-refractivity contribution < 1.29 is 14.9 Å². The fourth-order valence-corrected chi connectivity index (χ4v) is 1.26. The van der Waals surface area contributed by atoms with Gasteiger partial charge < -0.3 is 19.5 Å². The van der Waals surface area contributed by atoms with E-state index in [1.807, 2.05) is 0 Å². The Hall–Kier alpha value is -1.02. The zero-order chi connectivity index (χ0) is 12.1. The van der Waals surface area contributed by atoms with Gasteiger partial charge in [-0.25, -0.2) is 0 Å². The summed E-state index contributed by atoms with van der Waals surface area (Å²) < 4.78 is 6.94. The fraction of sp³-hybridized carbons (Fsp3) is 0.556. The smallest absolute Gasteiger partial charge is 0.254 e. The summed E-state index contributed by atoms with van der Waals surface area (Å²) in [6.45, 7) is 1.18. The molecular formula is C9H14N2O4S. The van der Waals surface area contributed by atoms with Gasteiger partial charge in [0.25, 0.3) is 5.56 Å². The first-order valence-corrected chi connectivity index (χ1v) is 5.13. The Morgan fingerprint density at radius 3 is 2.75 bits per heavy atom. The molecule has 90 valence electrons. The van der Waals surface area contributed by atoms with Crippen molar-refractivity contribution in [2.75, 3.05) is 13.2 Å². The van der Waals surface area contributed by atoms with E-state index in [0.29, 0.717) is 5.56 Å². The van der Waals surface area contributed by atoms with Crippen LogP contribution in [0.3, 0.4) is 0 Å². The highest BCUT2D eigenvalue weighted by molar-refractivity contribution is 7.71. The number of aryl methyl sites for hydroxylation is 1. The molecule has 6 nitrogen and oxygen atoms in total. The molecule has 0 aliphatic carbocycles. The molecule has 0 fully saturated rings. The third kappa shape index (κ3) is 3.24. The molecule has 0 radical (unpaired) electrons. The van der Waals surface area contributed by atoms with Gasteiger partial charge >= 0.3 is 0 Å². The number of ether oxygens (including phenoxy) is 1. The topological polar surface area (TPSA) is 87.5 Å². The lowest BCUT2D eigenvalue weighted by Crippen LogP contribution is -2.25. The lowest BCUT2D eigenvalue weighted by Gasteiger charge is -2.14. The van der Waals surface area contributed by atoms with E-state index in [0.717, 1.165) is 0 Å². The number of aromatic amines is 1. The molecule has 3 N–H and O–H groups in total. The molecule has 0 aliphatic rings. The zero-order valence-electron chi connectivity index (χ0n) is 8.84. The predicted molar refractivity (Wildman–Crippen MR) is 59.7 cm³/mol. The van der Waals surface area contributed by atoms with Crippen molar-refractivity contribution in [3.8, 4) is 0 Å². The first-order valence-electron chi connectivity index (χ1n) is 4.72. The van der Waals surface area contributed by atoms with Gasteiger partial charge in [0, 0.05) is 11.8 Å². The summed E-state index contributed by atoms with van der Waals surface area (Å²) in [5, 5.41) is 17.6. The van der Waals surface area contributed by atoms with Crippen LogP contribution in [0, 0.1) is 11.7 Å². The summed E-state index contributed by atoms with van der Waals surface area (Å²) in [5.74, 6) is 0. The maximum Gasteiger partial charge on any atom is 0.254 e. The van der Waals surface area contributed by atoms with Crippen molar-refractivity contribution in [1.29, 1.82) is 0 Å². The van der Waals surface area contributed by atoms with Crippen LogP contribution < -0.4 is 5.56 Å².